The summed E-state index contributed by atoms with van der Waals surface area (Å²) in [5.41, 5.74) is 3.94. The summed E-state index contributed by atoms with van der Waals surface area (Å²) in [4.78, 5) is 15.7. The van der Waals surface area contributed by atoms with Crippen molar-refractivity contribution in [3.8, 4) is 16.9 Å². The van der Waals surface area contributed by atoms with Crippen molar-refractivity contribution in [2.24, 2.45) is 0 Å². The van der Waals surface area contributed by atoms with Gasteiger partial charge in [-0.3, -0.25) is 4.98 Å². The summed E-state index contributed by atoms with van der Waals surface area (Å²) in [5.74, 6) is 0.331. The number of aromatic nitrogens is 1. The average molecular weight is 297 g/mol. The van der Waals surface area contributed by atoms with Gasteiger partial charge in [-0.15, -0.1) is 0 Å². The molecule has 0 saturated heterocycles. The molecule has 0 aliphatic heterocycles. The fraction of sp³-hybridized carbons (Fsp3) is 0.222. The van der Waals surface area contributed by atoms with Gasteiger partial charge in [0.2, 0.25) is 0 Å². The van der Waals surface area contributed by atoms with Gasteiger partial charge >= 0.3 is 5.97 Å². The first-order chi connectivity index (χ1) is 10.6. The van der Waals surface area contributed by atoms with Crippen molar-refractivity contribution >= 4 is 12.0 Å². The zero-order chi connectivity index (χ0) is 15.9. The van der Waals surface area contributed by atoms with Crippen molar-refractivity contribution in [2.45, 2.75) is 13.8 Å². The van der Waals surface area contributed by atoms with Gasteiger partial charge in [0.25, 0.3) is 0 Å². The number of hydrogen-bond donors (Lipinski definition) is 0. The van der Waals surface area contributed by atoms with E-state index in [2.05, 4.69) is 11.1 Å². The lowest BCUT2D eigenvalue weighted by atomic mass is 10.0. The number of pyridine rings is 1. The summed E-state index contributed by atoms with van der Waals surface area (Å²) in [5, 5.41) is 0. The molecule has 1 heterocycles. The number of benzene rings is 1. The fourth-order valence-electron chi connectivity index (χ4n) is 2.11. The summed E-state index contributed by atoms with van der Waals surface area (Å²) in [6.45, 7) is 4.13. The predicted molar refractivity (Wildman–Crippen MR) is 86.6 cm³/mol. The molecular weight excluding hydrogens is 278 g/mol. The second kappa shape index (κ2) is 7.41. The Bertz CT molecular complexity index is 692. The highest BCUT2D eigenvalue weighted by molar-refractivity contribution is 5.88. The highest BCUT2D eigenvalue weighted by Gasteiger charge is 2.05. The van der Waals surface area contributed by atoms with Crippen LogP contribution in [0, 0.1) is 6.92 Å². The van der Waals surface area contributed by atoms with Crippen molar-refractivity contribution in [1.82, 2.24) is 4.98 Å². The Balaban J connectivity index is 2.36. The van der Waals surface area contributed by atoms with Crippen LogP contribution in [0.5, 0.6) is 5.75 Å². The molecule has 0 fully saturated rings. The third kappa shape index (κ3) is 3.95. The number of nitrogens with zero attached hydrogens (tertiary/aromatic N) is 1. The van der Waals surface area contributed by atoms with Crippen molar-refractivity contribution in [2.75, 3.05) is 13.7 Å². The monoisotopic (exact) mass is 297 g/mol. The molecule has 1 aromatic carbocycles. The van der Waals surface area contributed by atoms with Crippen LogP contribution in [0.25, 0.3) is 17.2 Å². The summed E-state index contributed by atoms with van der Waals surface area (Å²) in [6, 6.07) is 7.87. The highest BCUT2D eigenvalue weighted by Crippen LogP contribution is 2.27. The minimum atomic E-state index is -0.368. The second-order valence-electron chi connectivity index (χ2n) is 4.79. The van der Waals surface area contributed by atoms with Crippen LogP contribution in [0.1, 0.15) is 18.1 Å². The minimum absolute atomic E-state index is 0.356. The maximum absolute atomic E-state index is 11.5. The van der Waals surface area contributed by atoms with Gasteiger partial charge in [-0.05, 0) is 49.2 Å². The molecule has 0 spiro atoms. The zero-order valence-electron chi connectivity index (χ0n) is 13.0. The summed E-state index contributed by atoms with van der Waals surface area (Å²) in [7, 11) is 1.60. The molecule has 0 aliphatic carbocycles. The van der Waals surface area contributed by atoms with Crippen LogP contribution in [0.15, 0.2) is 42.7 Å². The van der Waals surface area contributed by atoms with Crippen molar-refractivity contribution < 1.29 is 14.3 Å². The Labute approximate surface area is 130 Å². The Kier molecular flexibility index (Phi) is 5.31. The van der Waals surface area contributed by atoms with Crippen molar-refractivity contribution in [3.05, 3.63) is 53.9 Å². The molecule has 4 nitrogen and oxygen atoms in total. The molecule has 1 aromatic heterocycles. The van der Waals surface area contributed by atoms with Gasteiger partial charge in [-0.2, -0.15) is 0 Å². The molecular formula is C18H19NO3. The number of carbonyl (C=O) groups is 1. The molecule has 0 saturated carbocycles. The first kappa shape index (κ1) is 15.8. The van der Waals surface area contributed by atoms with Gasteiger partial charge in [-0.1, -0.05) is 6.07 Å². The quantitative estimate of drug-likeness (QED) is 0.624. The van der Waals surface area contributed by atoms with Crippen LogP contribution in [-0.2, 0) is 9.53 Å². The van der Waals surface area contributed by atoms with Crippen LogP contribution >= 0.6 is 0 Å². The molecule has 0 bridgehead atoms. The van der Waals surface area contributed by atoms with Gasteiger partial charge in [0, 0.05) is 29.6 Å². The number of methoxy groups -OCH3 is 1. The smallest absolute Gasteiger partial charge is 0.330 e. The van der Waals surface area contributed by atoms with Crippen molar-refractivity contribution in [3.63, 3.8) is 0 Å². The van der Waals surface area contributed by atoms with E-state index >= 15 is 0 Å². The molecule has 2 aromatic rings. The summed E-state index contributed by atoms with van der Waals surface area (Å²) in [6.07, 6.45) is 6.73. The van der Waals surface area contributed by atoms with Crippen LogP contribution in [0.2, 0.25) is 0 Å². The Hall–Kier alpha value is -2.62. The average Bonchev–Trinajstić information content (AvgIpc) is 2.53. The first-order valence-electron chi connectivity index (χ1n) is 7.09. The van der Waals surface area contributed by atoms with E-state index in [0.717, 1.165) is 22.3 Å². The number of ether oxygens (including phenoxy) is 2. The SMILES string of the molecule is CCOC(=O)/C=C/c1cc(-c2cncc(C)c2)ccc1OC. The number of hydrogen-bond acceptors (Lipinski definition) is 4. The first-order valence-corrected chi connectivity index (χ1v) is 7.09. The molecule has 0 unspecified atom stereocenters. The molecule has 0 atom stereocenters. The fourth-order valence-corrected chi connectivity index (χ4v) is 2.11. The molecule has 2 rings (SSSR count). The van der Waals surface area contributed by atoms with E-state index in [1.807, 2.05) is 37.5 Å². The highest BCUT2D eigenvalue weighted by atomic mass is 16.5. The van der Waals surface area contributed by atoms with Gasteiger partial charge in [0.05, 0.1) is 13.7 Å². The van der Waals surface area contributed by atoms with Crippen LogP contribution < -0.4 is 4.74 Å². The lowest BCUT2D eigenvalue weighted by Gasteiger charge is -2.08. The van der Waals surface area contributed by atoms with Gasteiger partial charge in [0.15, 0.2) is 0 Å². The van der Waals surface area contributed by atoms with Gasteiger partial charge in [-0.25, -0.2) is 4.79 Å². The minimum Gasteiger partial charge on any atom is -0.496 e. The van der Waals surface area contributed by atoms with E-state index in [9.17, 15) is 4.79 Å². The lowest BCUT2D eigenvalue weighted by molar-refractivity contribution is -0.137. The largest absolute Gasteiger partial charge is 0.496 e. The van der Waals surface area contributed by atoms with E-state index < -0.39 is 0 Å². The molecule has 0 radical (unpaired) electrons. The molecule has 0 amide bonds. The number of aryl methyl sites for hydroxylation is 1. The zero-order valence-corrected chi connectivity index (χ0v) is 13.0. The van der Waals surface area contributed by atoms with E-state index in [4.69, 9.17) is 9.47 Å². The molecule has 0 N–H and O–H groups in total. The molecule has 114 valence electrons. The van der Waals surface area contributed by atoms with Crippen LogP contribution in [0.4, 0.5) is 0 Å². The normalized spacial score (nSPS) is 10.7. The number of carbonyl (C=O) groups excluding carboxylic acids is 1. The maximum Gasteiger partial charge on any atom is 0.330 e. The topological polar surface area (TPSA) is 48.4 Å². The Morgan fingerprint density at radius 2 is 2.05 bits per heavy atom. The summed E-state index contributed by atoms with van der Waals surface area (Å²) < 4.78 is 10.2. The van der Waals surface area contributed by atoms with E-state index in [-0.39, 0.29) is 5.97 Å². The van der Waals surface area contributed by atoms with E-state index in [1.54, 1.807) is 20.1 Å². The van der Waals surface area contributed by atoms with E-state index in [0.29, 0.717) is 12.4 Å². The van der Waals surface area contributed by atoms with Crippen molar-refractivity contribution in [1.29, 1.82) is 0 Å². The van der Waals surface area contributed by atoms with Gasteiger partial charge < -0.3 is 9.47 Å². The molecule has 0 aliphatic rings. The van der Waals surface area contributed by atoms with Crippen LogP contribution in [-0.4, -0.2) is 24.7 Å². The maximum atomic E-state index is 11.5. The predicted octanol–water partition coefficient (Wildman–Crippen LogP) is 3.64. The Morgan fingerprint density at radius 1 is 1.23 bits per heavy atom. The molecule has 4 heteroatoms. The Morgan fingerprint density at radius 3 is 2.73 bits per heavy atom. The second-order valence-corrected chi connectivity index (χ2v) is 4.79. The number of rotatable bonds is 5. The molecule has 22 heavy (non-hydrogen) atoms. The summed E-state index contributed by atoms with van der Waals surface area (Å²) >= 11 is 0. The van der Waals surface area contributed by atoms with Gasteiger partial charge in [0.1, 0.15) is 5.75 Å². The standard InChI is InChI=1S/C18H19NO3/c1-4-22-18(20)8-6-15-10-14(5-7-17(15)21-3)16-9-13(2)11-19-12-16/h5-12H,4H2,1-3H3/b8-6+. The lowest BCUT2D eigenvalue weighted by Crippen LogP contribution is -1.99. The van der Waals surface area contributed by atoms with Crippen LogP contribution in [0.3, 0.4) is 0 Å². The number of esters is 1. The third-order valence-electron chi connectivity index (χ3n) is 3.12. The third-order valence-corrected chi connectivity index (χ3v) is 3.12. The van der Waals surface area contributed by atoms with E-state index in [1.165, 1.54) is 6.08 Å².